The van der Waals surface area contributed by atoms with Gasteiger partial charge in [-0.25, -0.2) is 24.9 Å². The molecule has 0 atom stereocenters. The molecule has 0 saturated carbocycles. The van der Waals surface area contributed by atoms with Crippen LogP contribution in [0.1, 0.15) is 0 Å². The molecule has 3 heterocycles. The lowest BCUT2D eigenvalue weighted by Crippen LogP contribution is -2.01. The third-order valence-corrected chi connectivity index (χ3v) is 8.54. The van der Waals surface area contributed by atoms with E-state index in [2.05, 4.69) is 30.3 Å². The molecule has 6 heteroatoms. The van der Waals surface area contributed by atoms with Crippen molar-refractivity contribution in [3.8, 4) is 68.1 Å². The fourth-order valence-corrected chi connectivity index (χ4v) is 6.18. The van der Waals surface area contributed by atoms with Gasteiger partial charge in [0.15, 0.2) is 23.3 Å². The number of aromatic nitrogens is 5. The van der Waals surface area contributed by atoms with Crippen LogP contribution in [0, 0.1) is 0 Å². The monoisotopic (exact) mass is 629 g/mol. The number of furan rings is 1. The van der Waals surface area contributed by atoms with Crippen LogP contribution in [0.3, 0.4) is 0 Å². The lowest BCUT2D eigenvalue weighted by molar-refractivity contribution is 0.669. The van der Waals surface area contributed by atoms with Gasteiger partial charge in [-0.2, -0.15) is 0 Å². The van der Waals surface area contributed by atoms with Crippen LogP contribution in [0.5, 0.6) is 0 Å². The van der Waals surface area contributed by atoms with Crippen LogP contribution < -0.4 is 0 Å². The Balaban J connectivity index is 1.33. The fraction of sp³-hybridized carbons (Fsp3) is 0. The lowest BCUT2D eigenvalue weighted by Gasteiger charge is -2.12. The molecule has 0 N–H and O–H groups in total. The van der Waals surface area contributed by atoms with E-state index in [-0.39, 0.29) is 0 Å². The highest BCUT2D eigenvalue weighted by Gasteiger charge is 2.20. The predicted octanol–water partition coefficient (Wildman–Crippen LogP) is 10.6. The van der Waals surface area contributed by atoms with Gasteiger partial charge in [-0.3, -0.25) is 0 Å². The molecular formula is C43H27N5O. The maximum absolute atomic E-state index is 6.52. The lowest BCUT2D eigenvalue weighted by atomic mass is 9.98. The number of rotatable bonds is 6. The largest absolute Gasteiger partial charge is 0.456 e. The molecule has 9 aromatic rings. The fourth-order valence-electron chi connectivity index (χ4n) is 6.18. The Morgan fingerprint density at radius 1 is 0.327 bits per heavy atom. The second-order valence-corrected chi connectivity index (χ2v) is 11.7. The zero-order chi connectivity index (χ0) is 32.6. The van der Waals surface area contributed by atoms with Crippen molar-refractivity contribution in [3.63, 3.8) is 0 Å². The van der Waals surface area contributed by atoms with Gasteiger partial charge in [0.1, 0.15) is 11.2 Å². The highest BCUT2D eigenvalue weighted by Crippen LogP contribution is 2.40. The normalized spacial score (nSPS) is 11.3. The van der Waals surface area contributed by atoms with E-state index in [1.54, 1.807) is 0 Å². The Labute approximate surface area is 282 Å². The Bertz CT molecular complexity index is 2470. The first-order chi connectivity index (χ1) is 24.3. The van der Waals surface area contributed by atoms with E-state index in [0.717, 1.165) is 66.7 Å². The van der Waals surface area contributed by atoms with Gasteiger partial charge < -0.3 is 4.42 Å². The average Bonchev–Trinajstić information content (AvgIpc) is 3.57. The van der Waals surface area contributed by atoms with E-state index in [4.69, 9.17) is 29.3 Å². The molecule has 0 saturated heterocycles. The summed E-state index contributed by atoms with van der Waals surface area (Å²) in [6.07, 6.45) is 0. The Kier molecular flexibility index (Phi) is 7.02. The van der Waals surface area contributed by atoms with Crippen LogP contribution in [0.25, 0.3) is 90.0 Å². The molecule has 6 aromatic carbocycles. The number of hydrogen-bond donors (Lipinski definition) is 0. The van der Waals surface area contributed by atoms with Gasteiger partial charge in [0.05, 0.1) is 11.4 Å². The zero-order valence-corrected chi connectivity index (χ0v) is 26.2. The van der Waals surface area contributed by atoms with Crippen LogP contribution >= 0.6 is 0 Å². The third-order valence-electron chi connectivity index (χ3n) is 8.54. The van der Waals surface area contributed by atoms with Crippen molar-refractivity contribution in [3.05, 3.63) is 164 Å². The van der Waals surface area contributed by atoms with Crippen LogP contribution in [-0.2, 0) is 0 Å². The smallest absolute Gasteiger partial charge is 0.164 e. The quantitative estimate of drug-likeness (QED) is 0.182. The topological polar surface area (TPSA) is 77.6 Å². The van der Waals surface area contributed by atoms with E-state index < -0.39 is 0 Å². The molecule has 0 aliphatic heterocycles. The summed E-state index contributed by atoms with van der Waals surface area (Å²) in [4.78, 5) is 25.2. The van der Waals surface area contributed by atoms with E-state index in [0.29, 0.717) is 23.3 Å². The van der Waals surface area contributed by atoms with Crippen LogP contribution in [0.2, 0.25) is 0 Å². The Hall–Kier alpha value is -6.79. The third kappa shape index (κ3) is 5.41. The summed E-state index contributed by atoms with van der Waals surface area (Å²) >= 11 is 0. The molecule has 0 spiro atoms. The number of para-hydroxylation sites is 1. The first-order valence-electron chi connectivity index (χ1n) is 16.1. The summed E-state index contributed by atoms with van der Waals surface area (Å²) < 4.78 is 6.52. The summed E-state index contributed by atoms with van der Waals surface area (Å²) in [5.41, 5.74) is 8.55. The van der Waals surface area contributed by atoms with Crippen molar-refractivity contribution < 1.29 is 4.42 Å². The molecule has 0 amide bonds. The molecular weight excluding hydrogens is 603 g/mol. The molecule has 6 nitrogen and oxygen atoms in total. The minimum Gasteiger partial charge on any atom is -0.456 e. The molecule has 0 fully saturated rings. The van der Waals surface area contributed by atoms with E-state index >= 15 is 0 Å². The minimum atomic E-state index is 0.539. The van der Waals surface area contributed by atoms with Crippen molar-refractivity contribution in [1.29, 1.82) is 0 Å². The molecule has 3 aromatic heterocycles. The van der Waals surface area contributed by atoms with Gasteiger partial charge in [-0.15, -0.1) is 0 Å². The van der Waals surface area contributed by atoms with E-state index in [9.17, 15) is 0 Å². The van der Waals surface area contributed by atoms with Crippen molar-refractivity contribution in [2.75, 3.05) is 0 Å². The summed E-state index contributed by atoms with van der Waals surface area (Å²) in [5, 5.41) is 1.97. The molecule has 0 radical (unpaired) electrons. The van der Waals surface area contributed by atoms with Crippen molar-refractivity contribution in [2.24, 2.45) is 0 Å². The highest BCUT2D eigenvalue weighted by molar-refractivity contribution is 6.13. The predicted molar refractivity (Wildman–Crippen MR) is 195 cm³/mol. The molecule has 49 heavy (non-hydrogen) atoms. The zero-order valence-electron chi connectivity index (χ0n) is 26.2. The van der Waals surface area contributed by atoms with Crippen LogP contribution in [-0.4, -0.2) is 24.9 Å². The summed E-state index contributed by atoms with van der Waals surface area (Å²) in [5.74, 6) is 2.36. The second-order valence-electron chi connectivity index (χ2n) is 11.7. The Morgan fingerprint density at radius 2 is 0.776 bits per heavy atom. The van der Waals surface area contributed by atoms with Gasteiger partial charge in [0, 0.05) is 44.2 Å². The van der Waals surface area contributed by atoms with E-state index in [1.807, 2.05) is 133 Å². The SMILES string of the molecule is c1ccc(-c2cc(-c3cc(-c4nc(-c5ccccc5)nc(-c5ccccc5)n4)cc4oc5ccccc5c34)nc(-c3ccccc3)n2)cc1. The van der Waals surface area contributed by atoms with Crippen molar-refractivity contribution in [1.82, 2.24) is 24.9 Å². The molecule has 9 rings (SSSR count). The minimum absolute atomic E-state index is 0.539. The van der Waals surface area contributed by atoms with Gasteiger partial charge in [0.2, 0.25) is 0 Å². The first-order valence-corrected chi connectivity index (χ1v) is 16.1. The standard InChI is InChI=1S/C43H27N5O/c1-5-15-28(16-6-1)35-27-36(45-40(44-35)29-17-7-2-8-18-29)34-25-32(26-38-39(34)33-23-13-14-24-37(33)49-38)43-47-41(30-19-9-3-10-20-30)46-42(48-43)31-21-11-4-12-22-31/h1-27H. The number of hydrogen-bond acceptors (Lipinski definition) is 6. The molecule has 0 aliphatic rings. The second kappa shape index (κ2) is 12.1. The van der Waals surface area contributed by atoms with Gasteiger partial charge >= 0.3 is 0 Å². The van der Waals surface area contributed by atoms with Gasteiger partial charge in [-0.1, -0.05) is 140 Å². The van der Waals surface area contributed by atoms with Gasteiger partial charge in [-0.05, 0) is 24.3 Å². The first kappa shape index (κ1) is 28.4. The highest BCUT2D eigenvalue weighted by atomic mass is 16.3. The van der Waals surface area contributed by atoms with Crippen molar-refractivity contribution in [2.45, 2.75) is 0 Å². The maximum atomic E-state index is 6.52. The van der Waals surface area contributed by atoms with Crippen LogP contribution in [0.15, 0.2) is 168 Å². The Morgan fingerprint density at radius 3 is 1.35 bits per heavy atom. The summed E-state index contributed by atoms with van der Waals surface area (Å²) in [6, 6.07) is 54.6. The average molecular weight is 630 g/mol. The number of nitrogens with zero attached hydrogens (tertiary/aromatic N) is 5. The molecule has 0 unspecified atom stereocenters. The summed E-state index contributed by atoms with van der Waals surface area (Å²) in [6.45, 7) is 0. The van der Waals surface area contributed by atoms with Crippen LogP contribution in [0.4, 0.5) is 0 Å². The van der Waals surface area contributed by atoms with Gasteiger partial charge in [0.25, 0.3) is 0 Å². The summed E-state index contributed by atoms with van der Waals surface area (Å²) in [7, 11) is 0. The maximum Gasteiger partial charge on any atom is 0.164 e. The molecule has 0 bridgehead atoms. The number of fused-ring (bicyclic) bond motifs is 3. The number of benzene rings is 6. The molecule has 0 aliphatic carbocycles. The molecule has 230 valence electrons. The van der Waals surface area contributed by atoms with E-state index in [1.165, 1.54) is 0 Å². The van der Waals surface area contributed by atoms with Crippen molar-refractivity contribution >= 4 is 21.9 Å².